The van der Waals surface area contributed by atoms with Crippen LogP contribution in [0.3, 0.4) is 0 Å². The van der Waals surface area contributed by atoms with Gasteiger partial charge in [0, 0.05) is 14.2 Å². The van der Waals surface area contributed by atoms with Crippen LogP contribution >= 0.6 is 34.2 Å². The molecule has 4 aromatic carbocycles. The number of hydrazone groups is 1. The maximum absolute atomic E-state index is 13.7. The van der Waals surface area contributed by atoms with Gasteiger partial charge in [-0.1, -0.05) is 60.1 Å². The third-order valence-electron chi connectivity index (χ3n) is 5.90. The van der Waals surface area contributed by atoms with E-state index in [2.05, 4.69) is 33.1 Å². The van der Waals surface area contributed by atoms with E-state index < -0.39 is 10.0 Å². The molecule has 1 amide bonds. The summed E-state index contributed by atoms with van der Waals surface area (Å²) in [5.41, 5.74) is 6.56. The normalized spacial score (nSPS) is 11.7. The van der Waals surface area contributed by atoms with Crippen LogP contribution in [-0.2, 0) is 16.6 Å². The van der Waals surface area contributed by atoms with Crippen molar-refractivity contribution < 1.29 is 13.2 Å². The van der Waals surface area contributed by atoms with Gasteiger partial charge in [-0.25, -0.2) is 13.8 Å². The average molecular weight is 658 g/mol. The van der Waals surface area contributed by atoms with Crippen molar-refractivity contribution in [3.05, 3.63) is 128 Å². The number of halogens is 2. The van der Waals surface area contributed by atoms with Crippen molar-refractivity contribution in [1.82, 2.24) is 5.43 Å². The summed E-state index contributed by atoms with van der Waals surface area (Å²) in [7, 11) is -3.89. The second-order valence-corrected chi connectivity index (χ2v) is 12.1. The highest BCUT2D eigenvalue weighted by molar-refractivity contribution is 14.1. The lowest BCUT2D eigenvalue weighted by Gasteiger charge is -2.26. The molecule has 4 aromatic rings. The molecule has 4 rings (SSSR count). The van der Waals surface area contributed by atoms with Gasteiger partial charge in [0.05, 0.1) is 22.8 Å². The van der Waals surface area contributed by atoms with Gasteiger partial charge in [0.25, 0.3) is 15.9 Å². The van der Waals surface area contributed by atoms with Crippen LogP contribution in [0.15, 0.2) is 107 Å². The Balaban J connectivity index is 1.57. The predicted molar refractivity (Wildman–Crippen MR) is 161 cm³/mol. The minimum atomic E-state index is -3.89. The molecule has 0 saturated carbocycles. The molecule has 38 heavy (non-hydrogen) atoms. The SMILES string of the molecule is CC(=NNC(=O)c1ccc(CN(c2cc(Cl)ccc2C)S(=O)(=O)c2ccccc2)cc1)c1ccc(I)cc1. The van der Waals surface area contributed by atoms with E-state index in [0.29, 0.717) is 27.5 Å². The minimum absolute atomic E-state index is 0.0599. The highest BCUT2D eigenvalue weighted by Crippen LogP contribution is 2.31. The van der Waals surface area contributed by atoms with Crippen molar-refractivity contribution in [1.29, 1.82) is 0 Å². The summed E-state index contributed by atoms with van der Waals surface area (Å²) in [5, 5.41) is 4.65. The molecule has 9 heteroatoms. The van der Waals surface area contributed by atoms with Gasteiger partial charge in [-0.05, 0) is 102 Å². The molecule has 0 aliphatic heterocycles. The zero-order valence-corrected chi connectivity index (χ0v) is 24.5. The van der Waals surface area contributed by atoms with Crippen molar-refractivity contribution in [2.75, 3.05) is 4.31 Å². The van der Waals surface area contributed by atoms with Crippen LogP contribution in [0.2, 0.25) is 5.02 Å². The molecule has 194 valence electrons. The fourth-order valence-corrected chi connectivity index (χ4v) is 5.81. The van der Waals surface area contributed by atoms with Crippen molar-refractivity contribution >= 4 is 61.5 Å². The first kappa shape index (κ1) is 27.8. The van der Waals surface area contributed by atoms with E-state index in [1.54, 1.807) is 72.8 Å². The number of sulfonamides is 1. The number of carbonyl (C=O) groups is 1. The van der Waals surface area contributed by atoms with Crippen LogP contribution in [0.25, 0.3) is 0 Å². The van der Waals surface area contributed by atoms with Crippen molar-refractivity contribution in [2.24, 2.45) is 5.10 Å². The molecular formula is C29H25ClIN3O3S. The number of hydrogen-bond acceptors (Lipinski definition) is 4. The van der Waals surface area contributed by atoms with Gasteiger partial charge in [0.15, 0.2) is 0 Å². The fourth-order valence-electron chi connectivity index (χ4n) is 3.75. The Kier molecular flexibility index (Phi) is 8.86. The summed E-state index contributed by atoms with van der Waals surface area (Å²) in [6.07, 6.45) is 0. The summed E-state index contributed by atoms with van der Waals surface area (Å²) in [4.78, 5) is 12.9. The Morgan fingerprint density at radius 2 is 1.55 bits per heavy atom. The van der Waals surface area contributed by atoms with Crippen LogP contribution in [0, 0.1) is 10.5 Å². The van der Waals surface area contributed by atoms with Gasteiger partial charge in [-0.2, -0.15) is 5.10 Å². The lowest BCUT2D eigenvalue weighted by atomic mass is 10.1. The quantitative estimate of drug-likeness (QED) is 0.129. The van der Waals surface area contributed by atoms with E-state index in [1.807, 2.05) is 38.1 Å². The molecular weight excluding hydrogens is 633 g/mol. The number of benzene rings is 4. The first-order valence-corrected chi connectivity index (χ1v) is 14.6. The molecule has 6 nitrogen and oxygen atoms in total. The predicted octanol–water partition coefficient (Wildman–Crippen LogP) is 6.80. The van der Waals surface area contributed by atoms with Gasteiger partial charge in [0.2, 0.25) is 0 Å². The molecule has 0 bridgehead atoms. The molecule has 0 fully saturated rings. The minimum Gasteiger partial charge on any atom is -0.267 e. The zero-order chi connectivity index (χ0) is 27.3. The molecule has 0 aliphatic rings. The maximum atomic E-state index is 13.7. The van der Waals surface area contributed by atoms with Gasteiger partial charge >= 0.3 is 0 Å². The molecule has 0 radical (unpaired) electrons. The largest absolute Gasteiger partial charge is 0.271 e. The summed E-state index contributed by atoms with van der Waals surface area (Å²) >= 11 is 8.47. The Labute approximate surface area is 241 Å². The van der Waals surface area contributed by atoms with Crippen LogP contribution in [-0.4, -0.2) is 20.0 Å². The van der Waals surface area contributed by atoms with Crippen molar-refractivity contribution in [2.45, 2.75) is 25.3 Å². The fraction of sp³-hybridized carbons (Fsp3) is 0.103. The molecule has 0 aliphatic carbocycles. The average Bonchev–Trinajstić information content (AvgIpc) is 2.92. The molecule has 0 atom stereocenters. The Morgan fingerprint density at radius 1 is 0.921 bits per heavy atom. The first-order valence-electron chi connectivity index (χ1n) is 11.7. The second-order valence-electron chi connectivity index (χ2n) is 8.60. The Bertz CT molecular complexity index is 1570. The number of hydrogen-bond donors (Lipinski definition) is 1. The van der Waals surface area contributed by atoms with Gasteiger partial charge in [-0.15, -0.1) is 0 Å². The third kappa shape index (κ3) is 6.61. The topological polar surface area (TPSA) is 78.8 Å². The number of rotatable bonds is 8. The maximum Gasteiger partial charge on any atom is 0.271 e. The standard InChI is InChI=1S/C29H25ClIN3O3S/c1-20-8-15-25(30)18-28(20)34(38(36,37)27-6-4-3-5-7-27)19-22-9-11-24(12-10-22)29(35)33-32-21(2)23-13-16-26(31)17-14-23/h3-18H,19H2,1-2H3,(H,33,35). The molecule has 0 saturated heterocycles. The van der Waals surface area contributed by atoms with Crippen LogP contribution in [0.5, 0.6) is 0 Å². The second kappa shape index (κ2) is 12.1. The van der Waals surface area contributed by atoms with E-state index >= 15 is 0 Å². The van der Waals surface area contributed by atoms with E-state index in [0.717, 1.165) is 14.7 Å². The number of nitrogens with zero attached hydrogens (tertiary/aromatic N) is 2. The molecule has 0 aromatic heterocycles. The lowest BCUT2D eigenvalue weighted by Crippen LogP contribution is -2.31. The molecule has 0 spiro atoms. The first-order chi connectivity index (χ1) is 18.1. The number of aryl methyl sites for hydroxylation is 1. The van der Waals surface area contributed by atoms with Gasteiger partial charge in [0.1, 0.15) is 0 Å². The Hall–Kier alpha value is -3.21. The molecule has 1 N–H and O–H groups in total. The van der Waals surface area contributed by atoms with E-state index in [-0.39, 0.29) is 17.3 Å². The summed E-state index contributed by atoms with van der Waals surface area (Å²) < 4.78 is 29.8. The highest BCUT2D eigenvalue weighted by atomic mass is 127. The molecule has 0 heterocycles. The number of anilines is 1. The summed E-state index contributed by atoms with van der Waals surface area (Å²) in [6.45, 7) is 3.72. The van der Waals surface area contributed by atoms with Crippen molar-refractivity contribution in [3.63, 3.8) is 0 Å². The molecule has 0 unspecified atom stereocenters. The number of amides is 1. The monoisotopic (exact) mass is 657 g/mol. The lowest BCUT2D eigenvalue weighted by molar-refractivity contribution is 0.0955. The van der Waals surface area contributed by atoms with Crippen LogP contribution in [0.1, 0.15) is 34.0 Å². The van der Waals surface area contributed by atoms with E-state index in [4.69, 9.17) is 11.6 Å². The number of nitrogens with one attached hydrogen (secondary N) is 1. The Morgan fingerprint density at radius 3 is 2.21 bits per heavy atom. The smallest absolute Gasteiger partial charge is 0.267 e. The summed E-state index contributed by atoms with van der Waals surface area (Å²) in [5.74, 6) is -0.360. The zero-order valence-electron chi connectivity index (χ0n) is 20.7. The van der Waals surface area contributed by atoms with Gasteiger partial charge < -0.3 is 0 Å². The van der Waals surface area contributed by atoms with E-state index in [9.17, 15) is 13.2 Å². The van der Waals surface area contributed by atoms with E-state index in [1.165, 1.54) is 4.31 Å². The van der Waals surface area contributed by atoms with Crippen LogP contribution in [0.4, 0.5) is 5.69 Å². The summed E-state index contributed by atoms with van der Waals surface area (Å²) in [6, 6.07) is 28.0. The van der Waals surface area contributed by atoms with Crippen LogP contribution < -0.4 is 9.73 Å². The highest BCUT2D eigenvalue weighted by Gasteiger charge is 2.26. The van der Waals surface area contributed by atoms with Gasteiger partial charge in [-0.3, -0.25) is 9.10 Å². The van der Waals surface area contributed by atoms with Crippen molar-refractivity contribution in [3.8, 4) is 0 Å². The third-order valence-corrected chi connectivity index (χ3v) is 8.63. The number of carbonyl (C=O) groups excluding carboxylic acids is 1.